The van der Waals surface area contributed by atoms with E-state index in [0.717, 1.165) is 0 Å². The van der Waals surface area contributed by atoms with Crippen molar-refractivity contribution in [2.75, 3.05) is 13.7 Å². The molecule has 0 aliphatic carbocycles. The maximum atomic E-state index is 9.04. The van der Waals surface area contributed by atoms with E-state index in [9.17, 15) is 0 Å². The summed E-state index contributed by atoms with van der Waals surface area (Å²) in [5, 5.41) is 28.4. The molecule has 0 atom stereocenters. The molecule has 0 saturated carbocycles. The molecule has 0 aliphatic heterocycles. The summed E-state index contributed by atoms with van der Waals surface area (Å²) in [6, 6.07) is 3.86. The minimum absolute atomic E-state index is 0.120. The first kappa shape index (κ1) is 12.5. The predicted molar refractivity (Wildman–Crippen MR) is 62.9 cm³/mol. The van der Waals surface area contributed by atoms with Gasteiger partial charge in [-0.2, -0.15) is 15.6 Å². The summed E-state index contributed by atoms with van der Waals surface area (Å²) in [5.41, 5.74) is 0.664. The van der Waals surface area contributed by atoms with Crippen LogP contribution in [0.4, 0.5) is 0 Å². The monoisotopic (exact) mass is 258 g/mol. The molecule has 96 valence electrons. The molecule has 8 heteroatoms. The predicted octanol–water partition coefficient (Wildman–Crippen LogP) is 0.746. The molecule has 0 unspecified atom stereocenters. The lowest BCUT2D eigenvalue weighted by Gasteiger charge is -2.02. The summed E-state index contributed by atoms with van der Waals surface area (Å²) < 4.78 is 11.7. The van der Waals surface area contributed by atoms with Crippen LogP contribution in [0.1, 0.15) is 18.3 Å². The van der Waals surface area contributed by atoms with E-state index in [1.54, 1.807) is 6.92 Å². The molecule has 8 nitrogen and oxygen atoms in total. The Bertz CT molecular complexity index is 672. The quantitative estimate of drug-likeness (QED) is 0.865. The fraction of sp³-hybridized carbons (Fsp3) is 0.273. The molecule has 1 N–H and O–H groups in total. The summed E-state index contributed by atoms with van der Waals surface area (Å²) in [7, 11) is 1.44. The number of rotatable bonds is 4. The van der Waals surface area contributed by atoms with E-state index < -0.39 is 0 Å². The molecule has 0 spiro atoms. The second kappa shape index (κ2) is 5.10. The van der Waals surface area contributed by atoms with Crippen LogP contribution in [0.5, 0.6) is 11.6 Å². The molecule has 0 fully saturated rings. The van der Waals surface area contributed by atoms with E-state index in [-0.39, 0.29) is 17.3 Å². The highest BCUT2D eigenvalue weighted by molar-refractivity contribution is 5.52. The Morgan fingerprint density at radius 3 is 2.74 bits per heavy atom. The molecule has 0 aromatic carbocycles. The van der Waals surface area contributed by atoms with E-state index >= 15 is 0 Å². The van der Waals surface area contributed by atoms with Crippen LogP contribution in [0.15, 0.2) is 6.20 Å². The highest BCUT2D eigenvalue weighted by atomic mass is 16.5. The maximum absolute atomic E-state index is 9.04. The number of aromatic nitrogens is 4. The van der Waals surface area contributed by atoms with Crippen LogP contribution in [0, 0.1) is 22.7 Å². The van der Waals surface area contributed by atoms with Gasteiger partial charge in [0.1, 0.15) is 12.1 Å². The Labute approximate surface area is 108 Å². The van der Waals surface area contributed by atoms with Crippen molar-refractivity contribution in [3.63, 3.8) is 0 Å². The Balaban J connectivity index is 2.58. The smallest absolute Gasteiger partial charge is 0.260 e. The third-order valence-electron chi connectivity index (χ3n) is 2.34. The zero-order chi connectivity index (χ0) is 13.8. The van der Waals surface area contributed by atoms with Crippen LogP contribution in [-0.2, 0) is 0 Å². The SMILES string of the molecule is CCOc1n[nH]c(C#N)c1-n1cc(OC)c(C#N)n1. The fourth-order valence-corrected chi connectivity index (χ4v) is 1.55. The number of aromatic amines is 1. The van der Waals surface area contributed by atoms with Crippen molar-refractivity contribution in [2.45, 2.75) is 6.92 Å². The molecule has 2 heterocycles. The summed E-state index contributed by atoms with van der Waals surface area (Å²) in [5.74, 6) is 0.559. The first-order chi connectivity index (χ1) is 9.24. The number of H-pyrrole nitrogens is 1. The summed E-state index contributed by atoms with van der Waals surface area (Å²) in [6.45, 7) is 2.20. The molecule has 2 aromatic heterocycles. The lowest BCUT2D eigenvalue weighted by atomic mass is 10.4. The van der Waals surface area contributed by atoms with Gasteiger partial charge < -0.3 is 9.47 Å². The van der Waals surface area contributed by atoms with Crippen LogP contribution in [-0.4, -0.2) is 33.7 Å². The van der Waals surface area contributed by atoms with Gasteiger partial charge in [0, 0.05) is 0 Å². The molecule has 19 heavy (non-hydrogen) atoms. The van der Waals surface area contributed by atoms with Crippen molar-refractivity contribution < 1.29 is 9.47 Å². The van der Waals surface area contributed by atoms with Crippen LogP contribution in [0.2, 0.25) is 0 Å². The van der Waals surface area contributed by atoms with Gasteiger partial charge in [-0.05, 0) is 6.92 Å². The zero-order valence-corrected chi connectivity index (χ0v) is 10.3. The third kappa shape index (κ3) is 2.07. The van der Waals surface area contributed by atoms with E-state index in [4.69, 9.17) is 20.0 Å². The number of ether oxygens (including phenoxy) is 2. The standard InChI is InChI=1S/C11H10N6O2/c1-3-19-11-10(8(5-13)14-15-11)17-6-9(18-2)7(4-12)16-17/h6H,3H2,1-2H3,(H,14,15). The van der Waals surface area contributed by atoms with Crippen molar-refractivity contribution in [3.05, 3.63) is 17.6 Å². The average Bonchev–Trinajstić information content (AvgIpc) is 3.01. The second-order valence-electron chi connectivity index (χ2n) is 3.40. The maximum Gasteiger partial charge on any atom is 0.260 e. The summed E-state index contributed by atoms with van der Waals surface area (Å²) in [4.78, 5) is 0. The van der Waals surface area contributed by atoms with Crippen molar-refractivity contribution in [1.82, 2.24) is 20.0 Å². The van der Waals surface area contributed by atoms with Gasteiger partial charge in [0.25, 0.3) is 5.88 Å². The number of nitrogens with one attached hydrogen (secondary N) is 1. The first-order valence-corrected chi connectivity index (χ1v) is 5.40. The molecular formula is C11H10N6O2. The van der Waals surface area contributed by atoms with E-state index in [1.165, 1.54) is 18.0 Å². The highest BCUT2D eigenvalue weighted by Gasteiger charge is 2.20. The Morgan fingerprint density at radius 1 is 1.42 bits per heavy atom. The van der Waals surface area contributed by atoms with Gasteiger partial charge in [0.15, 0.2) is 17.1 Å². The van der Waals surface area contributed by atoms with E-state index in [1.807, 2.05) is 12.1 Å². The van der Waals surface area contributed by atoms with Gasteiger partial charge in [-0.15, -0.1) is 5.10 Å². The Hall–Kier alpha value is -3.00. The van der Waals surface area contributed by atoms with Crippen molar-refractivity contribution in [2.24, 2.45) is 0 Å². The molecule has 2 rings (SSSR count). The minimum atomic E-state index is 0.120. The molecule has 2 aromatic rings. The number of nitriles is 2. The number of hydrogen-bond donors (Lipinski definition) is 1. The van der Waals surface area contributed by atoms with Gasteiger partial charge >= 0.3 is 0 Å². The first-order valence-electron chi connectivity index (χ1n) is 5.40. The van der Waals surface area contributed by atoms with Crippen molar-refractivity contribution in [3.8, 4) is 29.5 Å². The molecule has 0 radical (unpaired) electrons. The van der Waals surface area contributed by atoms with Gasteiger partial charge in [0.2, 0.25) is 5.69 Å². The van der Waals surface area contributed by atoms with E-state index in [2.05, 4.69) is 15.3 Å². The zero-order valence-electron chi connectivity index (χ0n) is 10.3. The average molecular weight is 258 g/mol. The molecule has 0 aliphatic rings. The number of nitrogens with zero attached hydrogens (tertiary/aromatic N) is 5. The van der Waals surface area contributed by atoms with Gasteiger partial charge in [-0.25, -0.2) is 4.68 Å². The lowest BCUT2D eigenvalue weighted by Crippen LogP contribution is -2.01. The Kier molecular flexibility index (Phi) is 3.35. The van der Waals surface area contributed by atoms with Gasteiger partial charge in [0.05, 0.1) is 19.9 Å². The fourth-order valence-electron chi connectivity index (χ4n) is 1.55. The van der Waals surface area contributed by atoms with Gasteiger partial charge in [-0.3, -0.25) is 5.10 Å². The van der Waals surface area contributed by atoms with Gasteiger partial charge in [-0.1, -0.05) is 0 Å². The van der Waals surface area contributed by atoms with Crippen LogP contribution < -0.4 is 9.47 Å². The molecule has 0 bridgehead atoms. The van der Waals surface area contributed by atoms with Crippen molar-refractivity contribution >= 4 is 0 Å². The lowest BCUT2D eigenvalue weighted by molar-refractivity contribution is 0.324. The van der Waals surface area contributed by atoms with Crippen LogP contribution in [0.3, 0.4) is 0 Å². The van der Waals surface area contributed by atoms with E-state index in [0.29, 0.717) is 18.0 Å². The normalized spacial score (nSPS) is 9.68. The van der Waals surface area contributed by atoms with Crippen molar-refractivity contribution in [1.29, 1.82) is 10.5 Å². The second-order valence-corrected chi connectivity index (χ2v) is 3.40. The molecule has 0 saturated heterocycles. The van der Waals surface area contributed by atoms with Crippen LogP contribution in [0.25, 0.3) is 5.69 Å². The third-order valence-corrected chi connectivity index (χ3v) is 2.34. The summed E-state index contributed by atoms with van der Waals surface area (Å²) >= 11 is 0. The minimum Gasteiger partial charge on any atom is -0.492 e. The molecular weight excluding hydrogens is 248 g/mol. The number of methoxy groups -OCH3 is 1. The topological polar surface area (TPSA) is 113 Å². The Morgan fingerprint density at radius 2 is 2.21 bits per heavy atom. The molecule has 0 amide bonds. The summed E-state index contributed by atoms with van der Waals surface area (Å²) in [6.07, 6.45) is 1.49. The highest BCUT2D eigenvalue weighted by Crippen LogP contribution is 2.26. The largest absolute Gasteiger partial charge is 0.492 e. The van der Waals surface area contributed by atoms with Crippen LogP contribution >= 0.6 is 0 Å². The number of hydrogen-bond acceptors (Lipinski definition) is 6.